The minimum Gasteiger partial charge on any atom is -0.240 e. The highest BCUT2D eigenvalue weighted by molar-refractivity contribution is 7.90. The lowest BCUT2D eigenvalue weighted by atomic mass is 10.2. The normalized spacial score (nSPS) is 11.3. The quantitative estimate of drug-likeness (QED) is 0.724. The summed E-state index contributed by atoms with van der Waals surface area (Å²) >= 11 is 1.34. The Hall–Kier alpha value is -1.78. The first kappa shape index (κ1) is 16.6. The third-order valence-corrected chi connectivity index (χ3v) is 5.59. The van der Waals surface area contributed by atoms with Gasteiger partial charge in [0.25, 0.3) is 0 Å². The van der Waals surface area contributed by atoms with Crippen molar-refractivity contribution in [2.75, 3.05) is 5.75 Å². The summed E-state index contributed by atoms with van der Waals surface area (Å²) in [4.78, 5) is 4.30. The van der Waals surface area contributed by atoms with Crippen molar-refractivity contribution in [3.8, 4) is 16.6 Å². The van der Waals surface area contributed by atoms with E-state index in [-0.39, 0.29) is 17.3 Å². The van der Waals surface area contributed by atoms with Crippen LogP contribution in [0.15, 0.2) is 29.6 Å². The molecule has 0 spiro atoms. The summed E-state index contributed by atoms with van der Waals surface area (Å²) in [5, 5.41) is 10.8. The van der Waals surface area contributed by atoms with Crippen LogP contribution in [0.3, 0.4) is 0 Å². The van der Waals surface area contributed by atoms with Crippen LogP contribution in [-0.4, -0.2) is 19.2 Å². The monoisotopic (exact) mass is 338 g/mol. The number of thiazole rings is 1. The molecule has 0 aliphatic heterocycles. The molecule has 0 aliphatic carbocycles. The van der Waals surface area contributed by atoms with Gasteiger partial charge in [-0.15, -0.1) is 11.3 Å². The number of rotatable bonds is 7. The summed E-state index contributed by atoms with van der Waals surface area (Å²) in [5.41, 5.74) is 1.27. The van der Waals surface area contributed by atoms with Gasteiger partial charge in [0.05, 0.1) is 23.3 Å². The lowest BCUT2D eigenvalue weighted by Gasteiger charge is -2.01. The lowest BCUT2D eigenvalue weighted by Crippen LogP contribution is -2.09. The van der Waals surface area contributed by atoms with Crippen molar-refractivity contribution in [3.63, 3.8) is 0 Å². The number of nitriles is 1. The Morgan fingerprint density at radius 3 is 2.64 bits per heavy atom. The molecule has 7 heteroatoms. The first-order valence-electron chi connectivity index (χ1n) is 6.78. The number of benzene rings is 1. The Kier molecular flexibility index (Phi) is 5.63. The number of hydrogen-bond acceptors (Lipinski definition) is 5. The molecule has 2 rings (SSSR count). The first-order chi connectivity index (χ1) is 10.5. The van der Waals surface area contributed by atoms with Gasteiger partial charge in [0.1, 0.15) is 10.8 Å². The van der Waals surface area contributed by atoms with E-state index in [4.69, 9.17) is 5.26 Å². The van der Waals surface area contributed by atoms with E-state index in [1.54, 1.807) is 17.5 Å². The highest BCUT2D eigenvalue weighted by Crippen LogP contribution is 2.24. The van der Waals surface area contributed by atoms with Crippen LogP contribution in [-0.2, 0) is 15.6 Å². The third kappa shape index (κ3) is 4.90. The molecule has 0 saturated heterocycles. The van der Waals surface area contributed by atoms with Gasteiger partial charge in [0.2, 0.25) is 0 Å². The van der Waals surface area contributed by atoms with E-state index >= 15 is 0 Å². The van der Waals surface area contributed by atoms with Gasteiger partial charge in [-0.05, 0) is 37.1 Å². The minimum absolute atomic E-state index is 0.0675. The zero-order valence-electron chi connectivity index (χ0n) is 11.8. The molecule has 2 aromatic rings. The fourth-order valence-corrected chi connectivity index (χ4v) is 4.24. The van der Waals surface area contributed by atoms with Crippen LogP contribution in [0.2, 0.25) is 0 Å². The largest absolute Gasteiger partial charge is 0.240 e. The van der Waals surface area contributed by atoms with E-state index in [1.165, 1.54) is 23.5 Å². The second-order valence-corrected chi connectivity index (χ2v) is 7.90. The van der Waals surface area contributed by atoms with Gasteiger partial charge in [-0.25, -0.2) is 17.8 Å². The van der Waals surface area contributed by atoms with Crippen molar-refractivity contribution >= 4 is 21.2 Å². The average molecular weight is 338 g/mol. The maximum Gasteiger partial charge on any atom is 0.156 e. The summed E-state index contributed by atoms with van der Waals surface area (Å²) in [6.07, 6.45) is 1.46. The molecular weight excluding hydrogens is 323 g/mol. The number of unbranched alkanes of at least 4 members (excludes halogenated alkanes) is 2. The molecule has 0 unspecified atom stereocenters. The van der Waals surface area contributed by atoms with Gasteiger partial charge in [0.15, 0.2) is 9.84 Å². The minimum atomic E-state index is -3.22. The predicted molar refractivity (Wildman–Crippen MR) is 84.5 cm³/mol. The topological polar surface area (TPSA) is 70.8 Å². The first-order valence-corrected chi connectivity index (χ1v) is 9.48. The Bertz CT molecular complexity index is 762. The molecule has 22 heavy (non-hydrogen) atoms. The molecule has 1 aromatic heterocycles. The maximum absolute atomic E-state index is 12.9. The molecular formula is C15H15FN2O2S2. The van der Waals surface area contributed by atoms with Crippen LogP contribution in [0.1, 0.15) is 25.0 Å². The molecule has 0 radical (unpaired) electrons. The number of hydrogen-bond donors (Lipinski definition) is 0. The second kappa shape index (κ2) is 7.47. The Labute approximate surface area is 133 Å². The Morgan fingerprint density at radius 1 is 1.23 bits per heavy atom. The van der Waals surface area contributed by atoms with Gasteiger partial charge in [-0.1, -0.05) is 0 Å². The maximum atomic E-state index is 12.9. The Balaban J connectivity index is 1.99. The van der Waals surface area contributed by atoms with Crippen LogP contribution in [0.5, 0.6) is 0 Å². The fraction of sp³-hybridized carbons (Fsp3) is 0.333. The van der Waals surface area contributed by atoms with E-state index in [0.29, 0.717) is 30.0 Å². The second-order valence-electron chi connectivity index (χ2n) is 4.86. The van der Waals surface area contributed by atoms with Crippen LogP contribution in [0, 0.1) is 17.1 Å². The zero-order valence-corrected chi connectivity index (χ0v) is 13.5. The van der Waals surface area contributed by atoms with E-state index in [0.717, 1.165) is 5.56 Å². The van der Waals surface area contributed by atoms with Crippen molar-refractivity contribution in [2.24, 2.45) is 0 Å². The van der Waals surface area contributed by atoms with Crippen molar-refractivity contribution in [1.29, 1.82) is 5.26 Å². The molecule has 0 N–H and O–H groups in total. The van der Waals surface area contributed by atoms with E-state index in [1.807, 2.05) is 6.07 Å². The third-order valence-electron chi connectivity index (χ3n) is 3.00. The highest BCUT2D eigenvalue weighted by atomic mass is 32.2. The van der Waals surface area contributed by atoms with Gasteiger partial charge in [-0.3, -0.25) is 0 Å². The summed E-state index contributed by atoms with van der Waals surface area (Å²) in [6.45, 7) is 0. The van der Waals surface area contributed by atoms with Crippen LogP contribution in [0.4, 0.5) is 4.39 Å². The van der Waals surface area contributed by atoms with Crippen molar-refractivity contribution in [3.05, 3.63) is 41.2 Å². The van der Waals surface area contributed by atoms with Crippen LogP contribution in [0.25, 0.3) is 10.6 Å². The number of sulfone groups is 1. The molecule has 1 heterocycles. The molecule has 0 atom stereocenters. The Morgan fingerprint density at radius 2 is 1.95 bits per heavy atom. The summed E-state index contributed by atoms with van der Waals surface area (Å²) < 4.78 is 36.9. The molecule has 0 amide bonds. The smallest absolute Gasteiger partial charge is 0.156 e. The number of nitrogens with zero attached hydrogens (tertiary/aromatic N) is 2. The molecule has 4 nitrogen and oxygen atoms in total. The summed E-state index contributed by atoms with van der Waals surface area (Å²) in [6, 6.07) is 7.93. The zero-order chi connectivity index (χ0) is 16.0. The summed E-state index contributed by atoms with van der Waals surface area (Å²) in [7, 11) is -3.22. The molecule has 0 saturated carbocycles. The van der Waals surface area contributed by atoms with Crippen LogP contribution >= 0.6 is 11.3 Å². The average Bonchev–Trinajstić information content (AvgIpc) is 2.92. The van der Waals surface area contributed by atoms with Gasteiger partial charge < -0.3 is 0 Å². The number of halogens is 1. The fourth-order valence-electron chi connectivity index (χ4n) is 1.92. The number of aromatic nitrogens is 1. The van der Waals surface area contributed by atoms with E-state index < -0.39 is 9.84 Å². The van der Waals surface area contributed by atoms with Gasteiger partial charge in [-0.2, -0.15) is 5.26 Å². The molecule has 0 aliphatic rings. The molecule has 0 bridgehead atoms. The van der Waals surface area contributed by atoms with Gasteiger partial charge in [0, 0.05) is 17.4 Å². The lowest BCUT2D eigenvalue weighted by molar-refractivity contribution is 0.590. The molecule has 1 aromatic carbocycles. The van der Waals surface area contributed by atoms with Crippen LogP contribution < -0.4 is 0 Å². The molecule has 0 fully saturated rings. The SMILES string of the molecule is N#CCCCCS(=O)(=O)Cc1csc(-c2ccc(F)cc2)n1. The predicted octanol–water partition coefficient (Wildman–Crippen LogP) is 3.56. The van der Waals surface area contributed by atoms with Crippen molar-refractivity contribution in [1.82, 2.24) is 4.98 Å². The van der Waals surface area contributed by atoms with E-state index in [2.05, 4.69) is 4.98 Å². The van der Waals surface area contributed by atoms with Gasteiger partial charge >= 0.3 is 0 Å². The van der Waals surface area contributed by atoms with Crippen molar-refractivity contribution < 1.29 is 12.8 Å². The highest BCUT2D eigenvalue weighted by Gasteiger charge is 2.14. The summed E-state index contributed by atoms with van der Waals surface area (Å²) in [5.74, 6) is -0.351. The molecule has 116 valence electrons. The standard InChI is InChI=1S/C15H15FN2O2S2/c16-13-6-4-12(5-7-13)15-18-14(10-21-15)11-22(19,20)9-3-1-2-8-17/h4-7,10H,1-3,9,11H2. The van der Waals surface area contributed by atoms with E-state index in [9.17, 15) is 12.8 Å². The van der Waals surface area contributed by atoms with Crippen molar-refractivity contribution in [2.45, 2.75) is 25.0 Å².